The van der Waals surface area contributed by atoms with E-state index in [1.807, 2.05) is 36.4 Å². The summed E-state index contributed by atoms with van der Waals surface area (Å²) in [4.78, 5) is 21.4. The zero-order chi connectivity index (χ0) is 19.3. The summed E-state index contributed by atoms with van der Waals surface area (Å²) >= 11 is 0. The molecule has 0 aliphatic carbocycles. The lowest BCUT2D eigenvalue weighted by molar-refractivity contribution is 0.00342. The van der Waals surface area contributed by atoms with E-state index in [1.165, 1.54) is 0 Å². The van der Waals surface area contributed by atoms with Crippen LogP contribution in [-0.2, 0) is 4.74 Å². The number of nitrogens with zero attached hydrogens (tertiary/aromatic N) is 2. The number of urea groups is 1. The third kappa shape index (κ3) is 3.89. The number of hydrogen-bond acceptors (Lipinski definition) is 5. The third-order valence-electron chi connectivity index (χ3n) is 4.72. The average Bonchev–Trinajstić information content (AvgIpc) is 2.74. The fourth-order valence-corrected chi connectivity index (χ4v) is 3.33. The van der Waals surface area contributed by atoms with Gasteiger partial charge in [-0.2, -0.15) is 0 Å². The van der Waals surface area contributed by atoms with E-state index in [4.69, 9.17) is 9.47 Å². The third-order valence-corrected chi connectivity index (χ3v) is 4.72. The fourth-order valence-electron chi connectivity index (χ4n) is 3.33. The van der Waals surface area contributed by atoms with E-state index in [0.29, 0.717) is 18.2 Å². The molecule has 1 aromatic carbocycles. The summed E-state index contributed by atoms with van der Waals surface area (Å²) in [6.45, 7) is 0.665. The van der Waals surface area contributed by atoms with Crippen LogP contribution in [0.15, 0.2) is 48.8 Å². The molecular formula is C21H22N4O3. The standard InChI is InChI=1S/C21H22N4O3/c1-27-18-7-3-2-6-15(18)16-12-14-13-22-10-9-17(14)23-20(16)25-21(26)24-19-8-4-5-11-28-19/h2-3,6-7,9-10,12-13,19H,4-5,8,11H2,1H3,(H2,23,24,25,26). The molecule has 2 N–H and O–H groups in total. The van der Waals surface area contributed by atoms with Gasteiger partial charge in [0, 0.05) is 35.5 Å². The van der Waals surface area contributed by atoms with Crippen molar-refractivity contribution in [2.24, 2.45) is 0 Å². The van der Waals surface area contributed by atoms with E-state index in [0.717, 1.165) is 41.3 Å². The Hall–Kier alpha value is -3.19. The topological polar surface area (TPSA) is 85.4 Å². The molecule has 0 bridgehead atoms. The molecule has 2 amide bonds. The van der Waals surface area contributed by atoms with Gasteiger partial charge in [-0.25, -0.2) is 9.78 Å². The predicted molar refractivity (Wildman–Crippen MR) is 107 cm³/mol. The Kier molecular flexibility index (Phi) is 5.34. The van der Waals surface area contributed by atoms with Gasteiger partial charge in [0.15, 0.2) is 0 Å². The van der Waals surface area contributed by atoms with Gasteiger partial charge in [0.1, 0.15) is 17.8 Å². The van der Waals surface area contributed by atoms with Crippen LogP contribution >= 0.6 is 0 Å². The van der Waals surface area contributed by atoms with E-state index >= 15 is 0 Å². The largest absolute Gasteiger partial charge is 0.496 e. The van der Waals surface area contributed by atoms with Crippen LogP contribution in [0, 0.1) is 0 Å². The monoisotopic (exact) mass is 378 g/mol. The Morgan fingerprint density at radius 1 is 1.21 bits per heavy atom. The normalized spacial score (nSPS) is 16.5. The van der Waals surface area contributed by atoms with Crippen molar-refractivity contribution < 1.29 is 14.3 Å². The first-order valence-electron chi connectivity index (χ1n) is 9.32. The molecule has 1 atom stereocenters. The van der Waals surface area contributed by atoms with Gasteiger partial charge in [0.05, 0.1) is 12.6 Å². The molecule has 28 heavy (non-hydrogen) atoms. The van der Waals surface area contributed by atoms with Crippen LogP contribution in [0.2, 0.25) is 0 Å². The van der Waals surface area contributed by atoms with Crippen LogP contribution in [0.4, 0.5) is 10.6 Å². The first kappa shape index (κ1) is 18.2. The maximum Gasteiger partial charge on any atom is 0.322 e. The second-order valence-corrected chi connectivity index (χ2v) is 6.61. The van der Waals surface area contributed by atoms with Crippen LogP contribution in [-0.4, -0.2) is 35.9 Å². The molecule has 1 unspecified atom stereocenters. The van der Waals surface area contributed by atoms with Crippen molar-refractivity contribution in [2.45, 2.75) is 25.5 Å². The first-order chi connectivity index (χ1) is 13.7. The van der Waals surface area contributed by atoms with E-state index in [2.05, 4.69) is 20.6 Å². The van der Waals surface area contributed by atoms with Crippen LogP contribution in [0.1, 0.15) is 19.3 Å². The number of para-hydroxylation sites is 1. The van der Waals surface area contributed by atoms with Gasteiger partial charge >= 0.3 is 6.03 Å². The van der Waals surface area contributed by atoms with Gasteiger partial charge in [-0.1, -0.05) is 18.2 Å². The number of carbonyl (C=O) groups excluding carboxylic acids is 1. The minimum Gasteiger partial charge on any atom is -0.496 e. The number of fused-ring (bicyclic) bond motifs is 1. The maximum atomic E-state index is 12.6. The highest BCUT2D eigenvalue weighted by atomic mass is 16.5. The van der Waals surface area contributed by atoms with Crippen molar-refractivity contribution in [3.63, 3.8) is 0 Å². The Morgan fingerprint density at radius 2 is 2.11 bits per heavy atom. The Balaban J connectivity index is 1.70. The number of rotatable bonds is 4. The second kappa shape index (κ2) is 8.22. The minimum atomic E-state index is -0.344. The van der Waals surface area contributed by atoms with Crippen molar-refractivity contribution in [3.05, 3.63) is 48.8 Å². The van der Waals surface area contributed by atoms with Crippen molar-refractivity contribution in [1.29, 1.82) is 0 Å². The van der Waals surface area contributed by atoms with Gasteiger partial charge in [-0.3, -0.25) is 10.3 Å². The molecule has 7 heteroatoms. The molecule has 0 spiro atoms. The molecular weight excluding hydrogens is 356 g/mol. The number of carbonyl (C=O) groups is 1. The molecule has 0 radical (unpaired) electrons. The summed E-state index contributed by atoms with van der Waals surface area (Å²) in [7, 11) is 1.62. The summed E-state index contributed by atoms with van der Waals surface area (Å²) in [5, 5.41) is 6.63. The van der Waals surface area contributed by atoms with Gasteiger partial charge in [0.25, 0.3) is 0 Å². The highest BCUT2D eigenvalue weighted by Crippen LogP contribution is 2.35. The highest BCUT2D eigenvalue weighted by molar-refractivity contribution is 5.97. The van der Waals surface area contributed by atoms with Crippen LogP contribution < -0.4 is 15.4 Å². The van der Waals surface area contributed by atoms with Crippen molar-refractivity contribution in [2.75, 3.05) is 19.0 Å². The number of benzene rings is 1. The molecule has 1 aliphatic rings. The zero-order valence-electron chi connectivity index (χ0n) is 15.6. The Bertz CT molecular complexity index is 986. The van der Waals surface area contributed by atoms with E-state index in [-0.39, 0.29) is 12.3 Å². The van der Waals surface area contributed by atoms with E-state index in [9.17, 15) is 4.79 Å². The number of aromatic nitrogens is 2. The van der Waals surface area contributed by atoms with Crippen LogP contribution in [0.25, 0.3) is 22.0 Å². The minimum absolute atomic E-state index is 0.270. The molecule has 0 saturated carbocycles. The second-order valence-electron chi connectivity index (χ2n) is 6.61. The SMILES string of the molecule is COc1ccccc1-c1cc2cnccc2nc1NC(=O)NC1CCCCO1. The molecule has 1 saturated heterocycles. The summed E-state index contributed by atoms with van der Waals surface area (Å²) in [5.41, 5.74) is 2.35. The molecule has 2 aromatic heterocycles. The molecule has 4 rings (SSSR count). The van der Waals surface area contributed by atoms with E-state index in [1.54, 1.807) is 19.5 Å². The molecule has 3 heterocycles. The fraction of sp³-hybridized carbons (Fsp3) is 0.286. The number of anilines is 1. The average molecular weight is 378 g/mol. The van der Waals surface area contributed by atoms with Gasteiger partial charge in [0.2, 0.25) is 0 Å². The molecule has 7 nitrogen and oxygen atoms in total. The van der Waals surface area contributed by atoms with Crippen molar-refractivity contribution in [1.82, 2.24) is 15.3 Å². The quantitative estimate of drug-likeness (QED) is 0.718. The van der Waals surface area contributed by atoms with E-state index < -0.39 is 0 Å². The Labute approximate surface area is 163 Å². The summed E-state index contributed by atoms with van der Waals surface area (Å²) in [6.07, 6.45) is 6.03. The maximum absolute atomic E-state index is 12.6. The molecule has 3 aromatic rings. The summed E-state index contributed by atoms with van der Waals surface area (Å²) < 4.78 is 11.1. The van der Waals surface area contributed by atoms with Crippen LogP contribution in [0.3, 0.4) is 0 Å². The van der Waals surface area contributed by atoms with Gasteiger partial charge in [-0.15, -0.1) is 0 Å². The smallest absolute Gasteiger partial charge is 0.322 e. The lowest BCUT2D eigenvalue weighted by atomic mass is 10.0. The van der Waals surface area contributed by atoms with Gasteiger partial charge < -0.3 is 14.8 Å². The number of pyridine rings is 2. The lowest BCUT2D eigenvalue weighted by Gasteiger charge is -2.23. The number of amides is 2. The molecule has 1 fully saturated rings. The molecule has 1 aliphatic heterocycles. The number of nitrogens with one attached hydrogen (secondary N) is 2. The molecule has 144 valence electrons. The van der Waals surface area contributed by atoms with Crippen LogP contribution in [0.5, 0.6) is 5.75 Å². The summed E-state index contributed by atoms with van der Waals surface area (Å²) in [5.74, 6) is 1.16. The number of ether oxygens (including phenoxy) is 2. The van der Waals surface area contributed by atoms with Crippen molar-refractivity contribution in [3.8, 4) is 16.9 Å². The van der Waals surface area contributed by atoms with Crippen molar-refractivity contribution >= 4 is 22.8 Å². The first-order valence-corrected chi connectivity index (χ1v) is 9.32. The lowest BCUT2D eigenvalue weighted by Crippen LogP contribution is -2.41. The predicted octanol–water partition coefficient (Wildman–Crippen LogP) is 3.95. The van der Waals surface area contributed by atoms with Gasteiger partial charge in [-0.05, 0) is 37.5 Å². The summed E-state index contributed by atoms with van der Waals surface area (Å²) in [6, 6.07) is 11.1. The number of methoxy groups -OCH3 is 1. The Morgan fingerprint density at radius 3 is 2.93 bits per heavy atom. The highest BCUT2D eigenvalue weighted by Gasteiger charge is 2.19. The zero-order valence-corrected chi connectivity index (χ0v) is 15.6. The number of hydrogen-bond donors (Lipinski definition) is 2.